The first kappa shape index (κ1) is 15.2. The first-order valence-corrected chi connectivity index (χ1v) is 7.15. The first-order valence-electron chi connectivity index (χ1n) is 6.77. The van der Waals surface area contributed by atoms with Crippen LogP contribution in [0.5, 0.6) is 5.75 Å². The fraction of sp³-hybridized carbons (Fsp3) is 0.235. The predicted octanol–water partition coefficient (Wildman–Crippen LogP) is 4.61. The largest absolute Gasteiger partial charge is 0.491 e. The van der Waals surface area contributed by atoms with Gasteiger partial charge in [-0.3, -0.25) is 0 Å². The van der Waals surface area contributed by atoms with Crippen molar-refractivity contribution in [1.82, 2.24) is 0 Å². The minimum absolute atomic E-state index is 0.174. The Kier molecular flexibility index (Phi) is 5.08. The molecule has 21 heavy (non-hydrogen) atoms. The molecule has 0 bridgehead atoms. The second kappa shape index (κ2) is 7.01. The molecule has 2 aromatic carbocycles. The molecular formula is C17H17ClN2O. The summed E-state index contributed by atoms with van der Waals surface area (Å²) in [7, 11) is 0. The van der Waals surface area contributed by atoms with Gasteiger partial charge < -0.3 is 10.1 Å². The van der Waals surface area contributed by atoms with Gasteiger partial charge in [-0.05, 0) is 49.7 Å². The Hall–Kier alpha value is -2.18. The van der Waals surface area contributed by atoms with E-state index in [2.05, 4.69) is 11.4 Å². The number of hydrogen-bond donors (Lipinski definition) is 1. The van der Waals surface area contributed by atoms with Gasteiger partial charge in [0.15, 0.2) is 0 Å². The van der Waals surface area contributed by atoms with E-state index in [0.717, 1.165) is 17.0 Å². The maximum Gasteiger partial charge on any atom is 0.119 e. The number of nitrogens with one attached hydrogen (secondary N) is 1. The number of rotatable bonds is 5. The topological polar surface area (TPSA) is 45.0 Å². The van der Waals surface area contributed by atoms with Gasteiger partial charge in [0.05, 0.1) is 16.7 Å². The Morgan fingerprint density at radius 1 is 1.19 bits per heavy atom. The molecule has 0 saturated heterocycles. The molecule has 4 heteroatoms. The van der Waals surface area contributed by atoms with E-state index in [-0.39, 0.29) is 6.10 Å². The van der Waals surface area contributed by atoms with Crippen molar-refractivity contribution in [3.05, 3.63) is 58.6 Å². The fourth-order valence-corrected chi connectivity index (χ4v) is 2.04. The normalized spacial score (nSPS) is 10.2. The lowest BCUT2D eigenvalue weighted by Gasteiger charge is -2.11. The van der Waals surface area contributed by atoms with Gasteiger partial charge >= 0.3 is 0 Å². The van der Waals surface area contributed by atoms with Gasteiger partial charge in [0, 0.05) is 12.2 Å². The van der Waals surface area contributed by atoms with Crippen molar-refractivity contribution in [2.75, 3.05) is 5.32 Å². The van der Waals surface area contributed by atoms with Crippen LogP contribution in [-0.2, 0) is 6.54 Å². The van der Waals surface area contributed by atoms with Gasteiger partial charge in [0.2, 0.25) is 0 Å². The van der Waals surface area contributed by atoms with Crippen LogP contribution in [0.3, 0.4) is 0 Å². The van der Waals surface area contributed by atoms with Crippen molar-refractivity contribution >= 4 is 17.3 Å². The molecule has 0 aromatic heterocycles. The highest BCUT2D eigenvalue weighted by atomic mass is 35.5. The summed E-state index contributed by atoms with van der Waals surface area (Å²) in [5.74, 6) is 0.868. The molecule has 0 unspecified atom stereocenters. The minimum Gasteiger partial charge on any atom is -0.491 e. The third-order valence-corrected chi connectivity index (χ3v) is 3.21. The summed E-state index contributed by atoms with van der Waals surface area (Å²) in [6, 6.07) is 15.4. The Morgan fingerprint density at radius 2 is 1.90 bits per heavy atom. The molecule has 0 aliphatic heterocycles. The zero-order valence-electron chi connectivity index (χ0n) is 12.1. The second-order valence-electron chi connectivity index (χ2n) is 4.97. The molecule has 1 N–H and O–H groups in total. The van der Waals surface area contributed by atoms with Crippen molar-refractivity contribution in [3.63, 3.8) is 0 Å². The van der Waals surface area contributed by atoms with E-state index in [1.54, 1.807) is 12.1 Å². The van der Waals surface area contributed by atoms with E-state index in [4.69, 9.17) is 21.6 Å². The van der Waals surface area contributed by atoms with Crippen molar-refractivity contribution in [2.24, 2.45) is 0 Å². The van der Waals surface area contributed by atoms with Gasteiger partial charge in [0.1, 0.15) is 11.8 Å². The van der Waals surface area contributed by atoms with Crippen LogP contribution in [0.2, 0.25) is 5.02 Å². The Morgan fingerprint density at radius 3 is 2.52 bits per heavy atom. The average Bonchev–Trinajstić information content (AvgIpc) is 2.47. The van der Waals surface area contributed by atoms with Gasteiger partial charge in [0.25, 0.3) is 0 Å². The molecule has 0 radical (unpaired) electrons. The van der Waals surface area contributed by atoms with Crippen LogP contribution >= 0.6 is 11.6 Å². The molecular weight excluding hydrogens is 284 g/mol. The summed E-state index contributed by atoms with van der Waals surface area (Å²) >= 11 is 5.91. The van der Waals surface area contributed by atoms with E-state index < -0.39 is 0 Å². The number of benzene rings is 2. The average molecular weight is 301 g/mol. The van der Waals surface area contributed by atoms with Gasteiger partial charge in [-0.25, -0.2) is 0 Å². The summed E-state index contributed by atoms with van der Waals surface area (Å²) in [5.41, 5.74) is 2.49. The van der Waals surface area contributed by atoms with Crippen LogP contribution in [-0.4, -0.2) is 6.10 Å². The lowest BCUT2D eigenvalue weighted by Crippen LogP contribution is -2.05. The number of ether oxygens (including phenoxy) is 1. The maximum absolute atomic E-state index is 8.95. The van der Waals surface area contributed by atoms with E-state index >= 15 is 0 Å². The van der Waals surface area contributed by atoms with Crippen molar-refractivity contribution in [3.8, 4) is 11.8 Å². The quantitative estimate of drug-likeness (QED) is 0.877. The lowest BCUT2D eigenvalue weighted by molar-refractivity contribution is 0.242. The highest BCUT2D eigenvalue weighted by molar-refractivity contribution is 6.31. The van der Waals surface area contributed by atoms with Crippen molar-refractivity contribution in [2.45, 2.75) is 26.5 Å². The van der Waals surface area contributed by atoms with Crippen LogP contribution in [0, 0.1) is 11.3 Å². The Balaban J connectivity index is 1.98. The Labute approximate surface area is 130 Å². The van der Waals surface area contributed by atoms with Crippen LogP contribution < -0.4 is 10.1 Å². The lowest BCUT2D eigenvalue weighted by atomic mass is 10.2. The maximum atomic E-state index is 8.95. The summed E-state index contributed by atoms with van der Waals surface area (Å²) < 4.78 is 5.60. The molecule has 2 rings (SSSR count). The van der Waals surface area contributed by atoms with Gasteiger partial charge in [-0.1, -0.05) is 23.7 Å². The SMILES string of the molecule is CC(C)Oc1ccc(CNc2ccc(Cl)c(C#N)c2)cc1. The van der Waals surface area contributed by atoms with Crippen LogP contribution in [0.1, 0.15) is 25.0 Å². The highest BCUT2D eigenvalue weighted by Crippen LogP contribution is 2.20. The number of hydrogen-bond acceptors (Lipinski definition) is 3. The molecule has 0 atom stereocenters. The van der Waals surface area contributed by atoms with Crippen LogP contribution in [0.15, 0.2) is 42.5 Å². The Bertz CT molecular complexity index is 645. The summed E-state index contributed by atoms with van der Waals surface area (Å²) in [4.78, 5) is 0. The molecule has 0 heterocycles. The van der Waals surface area contributed by atoms with E-state index in [0.29, 0.717) is 17.1 Å². The summed E-state index contributed by atoms with van der Waals surface area (Å²) in [5, 5.41) is 12.7. The van der Waals surface area contributed by atoms with Crippen molar-refractivity contribution in [1.29, 1.82) is 5.26 Å². The molecule has 0 aliphatic rings. The molecule has 0 saturated carbocycles. The fourth-order valence-electron chi connectivity index (χ4n) is 1.88. The van der Waals surface area contributed by atoms with Crippen LogP contribution in [0.4, 0.5) is 5.69 Å². The number of nitriles is 1. The predicted molar refractivity (Wildman–Crippen MR) is 85.7 cm³/mol. The molecule has 0 aliphatic carbocycles. The zero-order chi connectivity index (χ0) is 15.2. The van der Waals surface area contributed by atoms with E-state index in [1.807, 2.05) is 44.2 Å². The number of halogens is 1. The second-order valence-corrected chi connectivity index (χ2v) is 5.38. The van der Waals surface area contributed by atoms with E-state index in [9.17, 15) is 0 Å². The monoisotopic (exact) mass is 300 g/mol. The number of nitrogens with zero attached hydrogens (tertiary/aromatic N) is 1. The molecule has 0 spiro atoms. The molecule has 0 fully saturated rings. The smallest absolute Gasteiger partial charge is 0.119 e. The van der Waals surface area contributed by atoms with Crippen LogP contribution in [0.25, 0.3) is 0 Å². The third kappa shape index (κ3) is 4.40. The third-order valence-electron chi connectivity index (χ3n) is 2.88. The minimum atomic E-state index is 0.174. The zero-order valence-corrected chi connectivity index (χ0v) is 12.8. The summed E-state index contributed by atoms with van der Waals surface area (Å²) in [6.45, 7) is 4.68. The van der Waals surface area contributed by atoms with Crippen molar-refractivity contribution < 1.29 is 4.74 Å². The van der Waals surface area contributed by atoms with Gasteiger partial charge in [-0.15, -0.1) is 0 Å². The number of anilines is 1. The molecule has 108 valence electrons. The molecule has 0 amide bonds. The first-order chi connectivity index (χ1) is 10.1. The highest BCUT2D eigenvalue weighted by Gasteiger charge is 2.02. The molecule has 2 aromatic rings. The summed E-state index contributed by atoms with van der Waals surface area (Å²) in [6.07, 6.45) is 0.174. The standard InChI is InChI=1S/C17H17ClN2O/c1-12(2)21-16-6-3-13(4-7-16)11-20-15-5-8-17(18)14(9-15)10-19/h3-9,12,20H,11H2,1-2H3. The van der Waals surface area contributed by atoms with E-state index in [1.165, 1.54) is 0 Å². The van der Waals surface area contributed by atoms with Gasteiger partial charge in [-0.2, -0.15) is 5.26 Å². The molecule has 3 nitrogen and oxygen atoms in total.